The summed E-state index contributed by atoms with van der Waals surface area (Å²) in [6.07, 6.45) is 0.936. The van der Waals surface area contributed by atoms with E-state index >= 15 is 0 Å². The van der Waals surface area contributed by atoms with Gasteiger partial charge in [0.2, 0.25) is 0 Å². The summed E-state index contributed by atoms with van der Waals surface area (Å²) < 4.78 is 10.9. The van der Waals surface area contributed by atoms with Crippen LogP contribution in [-0.2, 0) is 9.47 Å². The Morgan fingerprint density at radius 2 is 1.88 bits per heavy atom. The number of hydrogen-bond donors (Lipinski definition) is 2. The minimum atomic E-state index is -0.389. The summed E-state index contributed by atoms with van der Waals surface area (Å²) in [7, 11) is 0. The number of hydrogen-bond acceptors (Lipinski definition) is 3. The fourth-order valence-corrected chi connectivity index (χ4v) is 1.27. The van der Waals surface area contributed by atoms with E-state index in [1.54, 1.807) is 0 Å². The predicted octanol–water partition coefficient (Wildman–Crippen LogP) is 0.541. The molecule has 0 aliphatic rings. The molecule has 0 aromatic carbocycles. The Labute approximate surface area is 106 Å². The molecule has 0 heterocycles. The third-order valence-electron chi connectivity index (χ3n) is 2.15. The molecule has 0 unspecified atom stereocenters. The van der Waals surface area contributed by atoms with Gasteiger partial charge in [0.25, 0.3) is 0 Å². The monoisotopic (exact) mass is 248 g/mol. The Hall–Kier alpha value is -0.160. The number of quaternary nitrogens is 1. The summed E-state index contributed by atoms with van der Waals surface area (Å²) in [5.74, 6) is 0. The molecule has 0 fully saturated rings. The van der Waals surface area contributed by atoms with Gasteiger partial charge >= 0.3 is 0 Å². The van der Waals surface area contributed by atoms with Crippen LogP contribution in [0.2, 0.25) is 0 Å². The van der Waals surface area contributed by atoms with Crippen molar-refractivity contribution in [3.05, 3.63) is 0 Å². The Morgan fingerprint density at radius 3 is 2.41 bits per heavy atom. The second-order valence-corrected chi connectivity index (χ2v) is 5.66. The number of rotatable bonds is 9. The van der Waals surface area contributed by atoms with Crippen LogP contribution >= 0.6 is 0 Å². The molecule has 1 atom stereocenters. The maximum atomic E-state index is 9.67. The van der Waals surface area contributed by atoms with Crippen LogP contribution in [0.3, 0.4) is 0 Å². The Morgan fingerprint density at radius 1 is 1.24 bits per heavy atom. The highest BCUT2D eigenvalue weighted by Gasteiger charge is 2.14. The van der Waals surface area contributed by atoms with E-state index in [2.05, 4.69) is 5.32 Å². The van der Waals surface area contributed by atoms with Gasteiger partial charge in [0.1, 0.15) is 12.6 Å². The van der Waals surface area contributed by atoms with E-state index in [1.807, 2.05) is 34.6 Å². The van der Waals surface area contributed by atoms with Crippen LogP contribution in [0.5, 0.6) is 0 Å². The first kappa shape index (κ1) is 16.8. The number of aliphatic hydroxyl groups is 1. The van der Waals surface area contributed by atoms with Crippen LogP contribution in [0.1, 0.15) is 41.0 Å². The molecular weight excluding hydrogens is 218 g/mol. The predicted molar refractivity (Wildman–Crippen MR) is 69.1 cm³/mol. The Kier molecular flexibility index (Phi) is 8.78. The fraction of sp³-hybridized carbons (Fsp3) is 1.00. The van der Waals surface area contributed by atoms with Crippen LogP contribution in [0, 0.1) is 0 Å². The highest BCUT2D eigenvalue weighted by molar-refractivity contribution is 4.61. The first-order valence-corrected chi connectivity index (χ1v) is 6.56. The first-order valence-electron chi connectivity index (χ1n) is 6.56. The maximum Gasteiger partial charge on any atom is 0.126 e. The lowest BCUT2D eigenvalue weighted by atomic mass is 10.2. The second kappa shape index (κ2) is 8.86. The van der Waals surface area contributed by atoms with Crippen molar-refractivity contribution in [2.75, 3.05) is 26.3 Å². The zero-order chi connectivity index (χ0) is 13.3. The smallest absolute Gasteiger partial charge is 0.126 e. The van der Waals surface area contributed by atoms with Gasteiger partial charge < -0.3 is 19.9 Å². The van der Waals surface area contributed by atoms with Gasteiger partial charge in [-0.1, -0.05) is 0 Å². The highest BCUT2D eigenvalue weighted by atomic mass is 16.5. The quantitative estimate of drug-likeness (QED) is 0.586. The minimum absolute atomic E-state index is 0.175. The van der Waals surface area contributed by atoms with Gasteiger partial charge in [-0.25, -0.2) is 0 Å². The molecule has 4 nitrogen and oxygen atoms in total. The number of ether oxygens (including phenoxy) is 2. The third kappa shape index (κ3) is 13.8. The largest absolute Gasteiger partial charge is 0.385 e. The van der Waals surface area contributed by atoms with Crippen LogP contribution in [0.15, 0.2) is 0 Å². The molecule has 0 aliphatic heterocycles. The SMILES string of the molecule is CC(C)OCCC[NH2+]C[C@H](O)COC(C)(C)C. The van der Waals surface area contributed by atoms with Crippen molar-refractivity contribution in [1.29, 1.82) is 0 Å². The van der Waals surface area contributed by atoms with Crippen molar-refractivity contribution in [3.63, 3.8) is 0 Å². The Balaban J connectivity index is 3.31. The summed E-state index contributed by atoms with van der Waals surface area (Å²) >= 11 is 0. The van der Waals surface area contributed by atoms with Crippen molar-refractivity contribution in [2.45, 2.75) is 58.8 Å². The molecule has 0 amide bonds. The number of aliphatic hydroxyl groups excluding tert-OH is 1. The number of nitrogens with two attached hydrogens (primary N) is 1. The fourth-order valence-electron chi connectivity index (χ4n) is 1.27. The van der Waals surface area contributed by atoms with Gasteiger partial charge in [0.15, 0.2) is 0 Å². The molecule has 0 aromatic heterocycles. The molecule has 3 N–H and O–H groups in total. The van der Waals surface area contributed by atoms with E-state index in [-0.39, 0.29) is 11.7 Å². The van der Waals surface area contributed by atoms with E-state index < -0.39 is 0 Å². The van der Waals surface area contributed by atoms with Gasteiger partial charge in [0.05, 0.1) is 31.5 Å². The molecule has 17 heavy (non-hydrogen) atoms. The van der Waals surface area contributed by atoms with Gasteiger partial charge in [0, 0.05) is 6.42 Å². The summed E-state index contributed by atoms with van der Waals surface area (Å²) in [6, 6.07) is 0. The lowest BCUT2D eigenvalue weighted by Gasteiger charge is -2.21. The Bertz CT molecular complexity index is 178. The van der Waals surface area contributed by atoms with Gasteiger partial charge in [-0.15, -0.1) is 0 Å². The zero-order valence-corrected chi connectivity index (χ0v) is 12.0. The molecule has 4 heteroatoms. The second-order valence-electron chi connectivity index (χ2n) is 5.66. The van der Waals surface area contributed by atoms with Crippen LogP contribution < -0.4 is 5.32 Å². The minimum Gasteiger partial charge on any atom is -0.385 e. The van der Waals surface area contributed by atoms with Crippen molar-refractivity contribution in [3.8, 4) is 0 Å². The molecule has 0 bridgehead atoms. The lowest BCUT2D eigenvalue weighted by Crippen LogP contribution is -2.86. The summed E-state index contributed by atoms with van der Waals surface area (Å²) in [5, 5.41) is 11.8. The average molecular weight is 248 g/mol. The van der Waals surface area contributed by atoms with Gasteiger partial charge in [-0.05, 0) is 34.6 Å². The van der Waals surface area contributed by atoms with Gasteiger partial charge in [-0.3, -0.25) is 0 Å². The molecule has 0 spiro atoms. The standard InChI is InChI=1S/C13H29NO3/c1-11(2)16-8-6-7-14-9-12(15)10-17-13(3,4)5/h11-12,14-15H,6-10H2,1-5H3/p+1/t12-/m0/s1. The molecular formula is C13H30NO3+. The molecule has 0 rings (SSSR count). The molecule has 0 saturated carbocycles. The normalized spacial score (nSPS) is 14.3. The van der Waals surface area contributed by atoms with E-state index in [0.717, 1.165) is 19.6 Å². The van der Waals surface area contributed by atoms with Gasteiger partial charge in [-0.2, -0.15) is 0 Å². The van der Waals surface area contributed by atoms with E-state index in [4.69, 9.17) is 9.47 Å². The van der Waals surface area contributed by atoms with Crippen molar-refractivity contribution < 1.29 is 19.9 Å². The van der Waals surface area contributed by atoms with E-state index in [1.165, 1.54) is 0 Å². The summed E-state index contributed by atoms with van der Waals surface area (Å²) in [4.78, 5) is 0. The maximum absolute atomic E-state index is 9.67. The first-order chi connectivity index (χ1) is 7.81. The summed E-state index contributed by atoms with van der Waals surface area (Å²) in [5.41, 5.74) is -0.175. The van der Waals surface area contributed by atoms with Crippen molar-refractivity contribution >= 4 is 0 Å². The average Bonchev–Trinajstić information content (AvgIpc) is 2.19. The summed E-state index contributed by atoms with van der Waals surface area (Å²) in [6.45, 7) is 12.9. The third-order valence-corrected chi connectivity index (χ3v) is 2.15. The van der Waals surface area contributed by atoms with Crippen LogP contribution in [0.25, 0.3) is 0 Å². The van der Waals surface area contributed by atoms with E-state index in [9.17, 15) is 5.11 Å². The van der Waals surface area contributed by atoms with Crippen LogP contribution in [-0.4, -0.2) is 49.2 Å². The molecule has 0 saturated heterocycles. The molecule has 0 radical (unpaired) electrons. The zero-order valence-electron chi connectivity index (χ0n) is 12.0. The van der Waals surface area contributed by atoms with Crippen LogP contribution in [0.4, 0.5) is 0 Å². The van der Waals surface area contributed by atoms with Crippen molar-refractivity contribution in [1.82, 2.24) is 0 Å². The highest BCUT2D eigenvalue weighted by Crippen LogP contribution is 2.06. The van der Waals surface area contributed by atoms with Crippen molar-refractivity contribution in [2.24, 2.45) is 0 Å². The topological polar surface area (TPSA) is 55.3 Å². The molecule has 104 valence electrons. The molecule has 0 aromatic rings. The lowest BCUT2D eigenvalue weighted by molar-refractivity contribution is -0.661. The van der Waals surface area contributed by atoms with E-state index in [0.29, 0.717) is 19.3 Å². The molecule has 0 aliphatic carbocycles.